The van der Waals surface area contributed by atoms with Gasteiger partial charge in [-0.15, -0.1) is 0 Å². The second kappa shape index (κ2) is 10.5. The average Bonchev–Trinajstić information content (AvgIpc) is 2.71. The summed E-state index contributed by atoms with van der Waals surface area (Å²) in [6.45, 7) is 8.72. The highest BCUT2D eigenvalue weighted by Gasteiger charge is 2.19. The van der Waals surface area contributed by atoms with Gasteiger partial charge in [0.05, 0.1) is 13.7 Å². The van der Waals surface area contributed by atoms with Crippen LogP contribution in [0.15, 0.2) is 42.5 Å². The van der Waals surface area contributed by atoms with Crippen LogP contribution in [0.3, 0.4) is 0 Å². The van der Waals surface area contributed by atoms with E-state index in [4.69, 9.17) is 9.47 Å². The molecule has 0 atom stereocenters. The SMILES string of the molecule is COc1ccc(OCCNC(=O)C(=O)Nc2c(C(C)C)cccc2C(C)C)cc1. The van der Waals surface area contributed by atoms with E-state index in [1.165, 1.54) is 0 Å². The lowest BCUT2D eigenvalue weighted by Gasteiger charge is -2.20. The number of carbonyl (C=O) groups is 2. The van der Waals surface area contributed by atoms with Crippen LogP contribution >= 0.6 is 0 Å². The van der Waals surface area contributed by atoms with Crippen molar-refractivity contribution >= 4 is 17.5 Å². The van der Waals surface area contributed by atoms with Crippen LogP contribution < -0.4 is 20.1 Å². The summed E-state index contributed by atoms with van der Waals surface area (Å²) < 4.78 is 10.6. The number of carbonyl (C=O) groups excluding carboxylic acids is 2. The largest absolute Gasteiger partial charge is 0.497 e. The summed E-state index contributed by atoms with van der Waals surface area (Å²) in [4.78, 5) is 24.6. The van der Waals surface area contributed by atoms with Gasteiger partial charge in [-0.25, -0.2) is 0 Å². The summed E-state index contributed by atoms with van der Waals surface area (Å²) in [5, 5.41) is 5.40. The molecule has 0 aliphatic carbocycles. The van der Waals surface area contributed by atoms with Crippen molar-refractivity contribution in [2.24, 2.45) is 0 Å². The van der Waals surface area contributed by atoms with E-state index in [1.807, 2.05) is 18.2 Å². The van der Waals surface area contributed by atoms with E-state index in [0.29, 0.717) is 5.75 Å². The highest BCUT2D eigenvalue weighted by atomic mass is 16.5. The quantitative estimate of drug-likeness (QED) is 0.519. The summed E-state index contributed by atoms with van der Waals surface area (Å²) in [6.07, 6.45) is 0. The molecule has 0 radical (unpaired) electrons. The number of amides is 2. The summed E-state index contributed by atoms with van der Waals surface area (Å²) >= 11 is 0. The lowest BCUT2D eigenvalue weighted by molar-refractivity contribution is -0.136. The van der Waals surface area contributed by atoms with Crippen LogP contribution in [0, 0.1) is 0 Å². The third-order valence-electron chi connectivity index (χ3n) is 4.53. The zero-order chi connectivity index (χ0) is 21.4. The first kappa shape index (κ1) is 22.3. The van der Waals surface area contributed by atoms with Crippen LogP contribution in [0.2, 0.25) is 0 Å². The van der Waals surface area contributed by atoms with Crippen molar-refractivity contribution in [3.8, 4) is 11.5 Å². The Morgan fingerprint density at radius 3 is 1.93 bits per heavy atom. The van der Waals surface area contributed by atoms with Crippen LogP contribution in [-0.4, -0.2) is 32.1 Å². The molecule has 2 rings (SSSR count). The molecule has 0 bridgehead atoms. The molecule has 6 heteroatoms. The maximum atomic E-state index is 12.4. The maximum Gasteiger partial charge on any atom is 0.313 e. The number of anilines is 1. The molecule has 2 aromatic carbocycles. The van der Waals surface area contributed by atoms with Gasteiger partial charge in [-0.2, -0.15) is 0 Å². The average molecular weight is 399 g/mol. The highest BCUT2D eigenvalue weighted by Crippen LogP contribution is 2.32. The minimum Gasteiger partial charge on any atom is -0.497 e. The molecule has 2 N–H and O–H groups in total. The third-order valence-corrected chi connectivity index (χ3v) is 4.53. The van der Waals surface area contributed by atoms with Crippen molar-refractivity contribution in [3.05, 3.63) is 53.6 Å². The van der Waals surface area contributed by atoms with Gasteiger partial charge in [0.1, 0.15) is 18.1 Å². The molecule has 2 aromatic rings. The normalized spacial score (nSPS) is 10.7. The van der Waals surface area contributed by atoms with Crippen LogP contribution in [-0.2, 0) is 9.59 Å². The van der Waals surface area contributed by atoms with E-state index in [9.17, 15) is 9.59 Å². The van der Waals surface area contributed by atoms with Gasteiger partial charge in [0.15, 0.2) is 0 Å². The predicted molar refractivity (Wildman–Crippen MR) is 115 cm³/mol. The summed E-state index contributed by atoms with van der Waals surface area (Å²) in [5.74, 6) is 0.498. The minimum atomic E-state index is -0.684. The predicted octanol–water partition coefficient (Wildman–Crippen LogP) is 4.08. The molecule has 2 amide bonds. The molecule has 0 spiro atoms. The second-order valence-corrected chi connectivity index (χ2v) is 7.35. The smallest absolute Gasteiger partial charge is 0.313 e. The summed E-state index contributed by atoms with van der Waals surface area (Å²) in [5.41, 5.74) is 2.76. The van der Waals surface area contributed by atoms with Gasteiger partial charge >= 0.3 is 11.8 Å². The zero-order valence-corrected chi connectivity index (χ0v) is 17.7. The number of hydrogen-bond acceptors (Lipinski definition) is 4. The fourth-order valence-electron chi connectivity index (χ4n) is 2.95. The van der Waals surface area contributed by atoms with Gasteiger partial charge in [0, 0.05) is 5.69 Å². The molecule has 29 heavy (non-hydrogen) atoms. The van der Waals surface area contributed by atoms with Gasteiger partial charge < -0.3 is 20.1 Å². The van der Waals surface area contributed by atoms with Gasteiger partial charge in [-0.05, 0) is 47.2 Å². The molecule has 0 heterocycles. The number of methoxy groups -OCH3 is 1. The Labute approximate surface area is 172 Å². The molecule has 0 saturated heterocycles. The van der Waals surface area contributed by atoms with Crippen molar-refractivity contribution in [3.63, 3.8) is 0 Å². The lowest BCUT2D eigenvalue weighted by Crippen LogP contribution is -2.38. The molecule has 0 unspecified atom stereocenters. The fraction of sp³-hybridized carbons (Fsp3) is 0.391. The molecular weight excluding hydrogens is 368 g/mol. The molecule has 0 aliphatic rings. The van der Waals surface area contributed by atoms with E-state index in [-0.39, 0.29) is 25.0 Å². The second-order valence-electron chi connectivity index (χ2n) is 7.35. The zero-order valence-electron chi connectivity index (χ0n) is 17.7. The molecule has 0 aromatic heterocycles. The van der Waals surface area contributed by atoms with Crippen LogP contribution in [0.4, 0.5) is 5.69 Å². The van der Waals surface area contributed by atoms with Crippen molar-refractivity contribution in [1.82, 2.24) is 5.32 Å². The summed E-state index contributed by atoms with van der Waals surface area (Å²) in [6, 6.07) is 13.1. The first-order valence-electron chi connectivity index (χ1n) is 9.82. The number of nitrogens with one attached hydrogen (secondary N) is 2. The molecular formula is C23H30N2O4. The first-order valence-corrected chi connectivity index (χ1v) is 9.82. The monoisotopic (exact) mass is 398 g/mol. The van der Waals surface area contributed by atoms with E-state index in [0.717, 1.165) is 22.6 Å². The lowest BCUT2D eigenvalue weighted by atomic mass is 9.92. The molecule has 0 saturated carbocycles. The van der Waals surface area contributed by atoms with Crippen molar-refractivity contribution in [1.29, 1.82) is 0 Å². The number of para-hydroxylation sites is 1. The Hall–Kier alpha value is -3.02. The fourth-order valence-corrected chi connectivity index (χ4v) is 2.95. The third kappa shape index (κ3) is 6.24. The number of hydrogen-bond donors (Lipinski definition) is 2. The van der Waals surface area contributed by atoms with E-state index < -0.39 is 11.8 Å². The Morgan fingerprint density at radius 1 is 0.862 bits per heavy atom. The summed E-state index contributed by atoms with van der Waals surface area (Å²) in [7, 11) is 1.60. The molecule has 0 aliphatic heterocycles. The maximum absolute atomic E-state index is 12.4. The molecule has 156 valence electrons. The van der Waals surface area contributed by atoms with Crippen LogP contribution in [0.5, 0.6) is 11.5 Å². The minimum absolute atomic E-state index is 0.223. The van der Waals surface area contributed by atoms with Crippen molar-refractivity contribution < 1.29 is 19.1 Å². The molecule has 6 nitrogen and oxygen atoms in total. The van der Waals surface area contributed by atoms with Gasteiger partial charge in [0.2, 0.25) is 0 Å². The Bertz CT molecular complexity index is 803. The topological polar surface area (TPSA) is 76.7 Å². The van der Waals surface area contributed by atoms with E-state index >= 15 is 0 Å². The van der Waals surface area contributed by atoms with Crippen molar-refractivity contribution in [2.75, 3.05) is 25.6 Å². The van der Waals surface area contributed by atoms with Gasteiger partial charge in [0.25, 0.3) is 0 Å². The number of ether oxygens (including phenoxy) is 2. The Balaban J connectivity index is 1.91. The van der Waals surface area contributed by atoms with Gasteiger partial charge in [-0.1, -0.05) is 45.9 Å². The van der Waals surface area contributed by atoms with E-state index in [2.05, 4.69) is 38.3 Å². The van der Waals surface area contributed by atoms with Crippen LogP contribution in [0.1, 0.15) is 50.7 Å². The Kier molecular flexibility index (Phi) is 8.07. The first-order chi connectivity index (χ1) is 13.8. The highest BCUT2D eigenvalue weighted by molar-refractivity contribution is 6.39. The number of rotatable bonds is 8. The van der Waals surface area contributed by atoms with Gasteiger partial charge in [-0.3, -0.25) is 9.59 Å². The molecule has 0 fully saturated rings. The number of benzene rings is 2. The Morgan fingerprint density at radius 2 is 1.41 bits per heavy atom. The standard InChI is InChI=1S/C23H30N2O4/c1-15(2)19-7-6-8-20(16(3)4)21(19)25-23(27)22(26)24-13-14-29-18-11-9-17(28-5)10-12-18/h6-12,15-16H,13-14H2,1-5H3,(H,24,26)(H,25,27). The van der Waals surface area contributed by atoms with Crippen molar-refractivity contribution in [2.45, 2.75) is 39.5 Å². The van der Waals surface area contributed by atoms with E-state index in [1.54, 1.807) is 31.4 Å². The van der Waals surface area contributed by atoms with Crippen LogP contribution in [0.25, 0.3) is 0 Å².